The van der Waals surface area contributed by atoms with Gasteiger partial charge in [-0.1, -0.05) is 216 Å². The Balaban J connectivity index is -0.0000000414. The molecule has 0 fully saturated rings. The summed E-state index contributed by atoms with van der Waals surface area (Å²) in [6.07, 6.45) is 15.9. The van der Waals surface area contributed by atoms with E-state index < -0.39 is 0 Å². The second kappa shape index (κ2) is 118. The summed E-state index contributed by atoms with van der Waals surface area (Å²) in [6.45, 7) is 60.2. The molecule has 0 spiro atoms. The number of pyridine rings is 2. The highest BCUT2D eigenvalue weighted by Crippen LogP contribution is 2.01. The number of nitrogens with one attached hydrogen (secondary N) is 1. The van der Waals surface area contributed by atoms with Gasteiger partial charge in [0.1, 0.15) is 6.33 Å². The molecule has 0 saturated carbocycles. The third-order valence-electron chi connectivity index (χ3n) is 4.58. The minimum atomic E-state index is 0. The molecule has 6 rings (SSSR count). The Morgan fingerprint density at radius 1 is 0.338 bits per heavy atom. The molecule has 6 nitrogen and oxygen atoms in total. The van der Waals surface area contributed by atoms with E-state index in [-0.39, 0.29) is 7.43 Å². The highest BCUT2D eigenvalue weighted by atomic mass is 32.1. The first-order valence-electron chi connectivity index (χ1n) is 24.8. The molecule has 65 heavy (non-hydrogen) atoms. The van der Waals surface area contributed by atoms with E-state index in [0.29, 0.717) is 0 Å². The van der Waals surface area contributed by atoms with E-state index >= 15 is 0 Å². The van der Waals surface area contributed by atoms with Crippen LogP contribution < -0.4 is 0 Å². The van der Waals surface area contributed by atoms with Crippen molar-refractivity contribution >= 4 is 11.3 Å². The van der Waals surface area contributed by atoms with Crippen LogP contribution in [0.3, 0.4) is 0 Å². The summed E-state index contributed by atoms with van der Waals surface area (Å²) in [5, 5.41) is 10.6. The molecule has 384 valence electrons. The van der Waals surface area contributed by atoms with Gasteiger partial charge in [0.05, 0.1) is 6.20 Å². The number of aromatic amines is 1. The maximum absolute atomic E-state index is 3.88. The number of aromatic nitrogens is 6. The smallest absolute Gasteiger partial charge is 0.115 e. The van der Waals surface area contributed by atoms with Crippen molar-refractivity contribution in [1.82, 2.24) is 30.1 Å². The van der Waals surface area contributed by atoms with E-state index in [9.17, 15) is 0 Å². The van der Waals surface area contributed by atoms with Crippen molar-refractivity contribution in [3.8, 4) is 0 Å². The summed E-state index contributed by atoms with van der Waals surface area (Å²) < 4.78 is 0. The number of rotatable bonds is 0. The van der Waals surface area contributed by atoms with E-state index in [2.05, 4.69) is 72.9 Å². The number of aryl methyl sites for hydroxylation is 6. The van der Waals surface area contributed by atoms with Crippen LogP contribution in [0.4, 0.5) is 0 Å². The number of thiophene rings is 1. The molecule has 6 aromatic rings. The van der Waals surface area contributed by atoms with Crippen LogP contribution in [0, 0.1) is 41.5 Å². The molecule has 0 radical (unpaired) electrons. The third-order valence-corrected chi connectivity index (χ3v) is 5.39. The van der Waals surface area contributed by atoms with Gasteiger partial charge < -0.3 is 0 Å². The fourth-order valence-corrected chi connectivity index (χ4v) is 3.10. The molecule has 0 aliphatic carbocycles. The lowest BCUT2D eigenvalue weighted by Crippen LogP contribution is -1.75. The SMILES string of the molecule is C.CC.CC.CC.CC.CC.CC.CC.CC.CC.CC.CC.CC.Cc1ccccc1.Cc1cccnc1.Cc1ccncc1.Cc1ccsc1.Cc1cn[nH]c1.Cc1cncnc1. The van der Waals surface area contributed by atoms with Gasteiger partial charge in [-0.15, -0.1) is 0 Å². The predicted octanol–water partition coefficient (Wildman–Crippen LogP) is 21.3. The van der Waals surface area contributed by atoms with E-state index in [0.717, 1.165) is 5.56 Å². The summed E-state index contributed by atoms with van der Waals surface area (Å²) in [4.78, 5) is 15.3. The number of hydrogen-bond donors (Lipinski definition) is 1. The highest BCUT2D eigenvalue weighted by molar-refractivity contribution is 7.07. The van der Waals surface area contributed by atoms with Gasteiger partial charge in [-0.05, 0) is 104 Å². The molecule has 0 saturated heterocycles. The molecule has 1 aromatic carbocycles. The zero-order valence-electron chi connectivity index (χ0n) is 48.3. The van der Waals surface area contributed by atoms with Crippen molar-refractivity contribution < 1.29 is 0 Å². The number of H-pyrrole nitrogens is 1. The Bertz CT molecular complexity index is 1130. The average Bonchev–Trinajstić information content (AvgIpc) is 4.11. The summed E-state index contributed by atoms with van der Waals surface area (Å²) >= 11 is 1.74. The lowest BCUT2D eigenvalue weighted by molar-refractivity contribution is 1.09. The first-order chi connectivity index (χ1) is 31.4. The Morgan fingerprint density at radius 3 is 0.877 bits per heavy atom. The Hall–Kier alpha value is -4.49. The molecule has 0 aliphatic heterocycles. The van der Waals surface area contributed by atoms with Crippen molar-refractivity contribution in [3.63, 3.8) is 0 Å². The van der Waals surface area contributed by atoms with Crippen molar-refractivity contribution in [2.45, 2.75) is 215 Å². The summed E-state index contributed by atoms with van der Waals surface area (Å²) in [5.41, 5.74) is 7.43. The minimum absolute atomic E-state index is 0. The van der Waals surface area contributed by atoms with Crippen molar-refractivity contribution in [2.75, 3.05) is 0 Å². The maximum Gasteiger partial charge on any atom is 0.115 e. The number of benzene rings is 1. The van der Waals surface area contributed by atoms with Crippen LogP contribution in [-0.4, -0.2) is 30.1 Å². The quantitative estimate of drug-likeness (QED) is 0.164. The van der Waals surface area contributed by atoms with Crippen LogP contribution in [0.1, 0.15) is 207 Å². The zero-order valence-corrected chi connectivity index (χ0v) is 49.1. The van der Waals surface area contributed by atoms with Crippen LogP contribution in [0.15, 0.2) is 127 Å². The largest absolute Gasteiger partial charge is 0.285 e. The lowest BCUT2D eigenvalue weighted by atomic mass is 10.2. The normalized spacial score (nSPS) is 6.49. The van der Waals surface area contributed by atoms with Crippen LogP contribution in [0.5, 0.6) is 0 Å². The van der Waals surface area contributed by atoms with Crippen LogP contribution in [0.25, 0.3) is 0 Å². The summed E-state index contributed by atoms with van der Waals surface area (Å²) in [5.74, 6) is 0. The van der Waals surface area contributed by atoms with Gasteiger partial charge in [0, 0.05) is 43.4 Å². The molecule has 5 aromatic heterocycles. The van der Waals surface area contributed by atoms with E-state index in [1.807, 2.05) is 249 Å². The Labute approximate surface area is 415 Å². The van der Waals surface area contributed by atoms with Crippen LogP contribution in [-0.2, 0) is 0 Å². The predicted molar refractivity (Wildman–Crippen MR) is 311 cm³/mol. The molecule has 0 atom stereocenters. The summed E-state index contributed by atoms with van der Waals surface area (Å²) in [7, 11) is 0. The van der Waals surface area contributed by atoms with Gasteiger partial charge in [-0.25, -0.2) is 9.97 Å². The van der Waals surface area contributed by atoms with Gasteiger partial charge in [0.25, 0.3) is 0 Å². The average molecular weight is 930 g/mol. The monoisotopic (exact) mass is 929 g/mol. The maximum atomic E-state index is 3.88. The van der Waals surface area contributed by atoms with Gasteiger partial charge in [-0.3, -0.25) is 15.1 Å². The first-order valence-corrected chi connectivity index (χ1v) is 25.7. The van der Waals surface area contributed by atoms with E-state index in [4.69, 9.17) is 0 Å². The van der Waals surface area contributed by atoms with Gasteiger partial charge >= 0.3 is 0 Å². The Kier molecular flexibility index (Phi) is 173. The fraction of sp³-hybridized carbons (Fsp3) is 0.534. The molecule has 7 heteroatoms. The van der Waals surface area contributed by atoms with Crippen molar-refractivity contribution in [1.29, 1.82) is 0 Å². The standard InChI is InChI=1S/C7H8.2C6H7N.C5H6N2.C5H6S.C4H6N2.12C2H6.CH4/c1-7-5-3-2-4-6-7;1-6-2-4-7-5-3-6;1-6-3-2-4-7-5-6;1-5-2-6-4-7-3-5;1-5-2-3-6-4-5;1-4-2-5-6-3-4;12*1-2;/h2-6H,1H3;2*2-5H,1H3;2-4H,1H3;2-4H,1H3;2-3H,1H3,(H,5,6);12*1-2H3;1H4. The van der Waals surface area contributed by atoms with Crippen molar-refractivity contribution in [3.05, 3.63) is 161 Å². The lowest BCUT2D eigenvalue weighted by Gasteiger charge is -1.82. The molecular formula is C58H116N6S. The zero-order chi connectivity index (χ0) is 53.3. The molecule has 0 aliphatic rings. The first kappa shape index (κ1) is 94.9. The second-order valence-corrected chi connectivity index (χ2v) is 9.48. The Morgan fingerprint density at radius 2 is 0.723 bits per heavy atom. The van der Waals surface area contributed by atoms with Crippen LogP contribution in [0.2, 0.25) is 0 Å². The number of nitrogens with zero attached hydrogens (tertiary/aromatic N) is 5. The van der Waals surface area contributed by atoms with Crippen LogP contribution >= 0.6 is 11.3 Å². The van der Waals surface area contributed by atoms with E-state index in [1.165, 1.54) is 34.1 Å². The molecule has 0 bridgehead atoms. The summed E-state index contributed by atoms with van der Waals surface area (Å²) in [6, 6.07) is 20.3. The fourth-order valence-electron chi connectivity index (χ4n) is 2.43. The molecule has 5 heterocycles. The highest BCUT2D eigenvalue weighted by Gasteiger charge is 1.77. The van der Waals surface area contributed by atoms with E-state index in [1.54, 1.807) is 48.5 Å². The number of hydrogen-bond acceptors (Lipinski definition) is 6. The van der Waals surface area contributed by atoms with Gasteiger partial charge in [0.2, 0.25) is 0 Å². The third kappa shape index (κ3) is 114. The molecular weight excluding hydrogens is 813 g/mol. The molecule has 1 N–H and O–H groups in total. The van der Waals surface area contributed by atoms with Crippen molar-refractivity contribution in [2.24, 2.45) is 0 Å². The molecule has 0 unspecified atom stereocenters. The molecule has 0 amide bonds. The second-order valence-electron chi connectivity index (χ2n) is 8.70. The van der Waals surface area contributed by atoms with Gasteiger partial charge in [-0.2, -0.15) is 16.4 Å². The minimum Gasteiger partial charge on any atom is -0.285 e. The van der Waals surface area contributed by atoms with Gasteiger partial charge in [0.15, 0.2) is 0 Å². The topological polar surface area (TPSA) is 80.2 Å².